The number of carbonyl (C=O) groups excluding carboxylic acids is 2. The Hall–Kier alpha value is -1.67. The summed E-state index contributed by atoms with van der Waals surface area (Å²) in [6, 6.07) is 0. The van der Waals surface area contributed by atoms with Crippen LogP contribution in [0.3, 0.4) is 0 Å². The number of hydrogen-bond donors (Lipinski definition) is 2. The van der Waals surface area contributed by atoms with Crippen molar-refractivity contribution in [1.82, 2.24) is 4.98 Å². The number of ether oxygens (including phenoxy) is 2. The van der Waals surface area contributed by atoms with Crippen molar-refractivity contribution in [2.45, 2.75) is 0 Å². The van der Waals surface area contributed by atoms with Crippen LogP contribution in [0, 0.1) is 0 Å². The first-order chi connectivity index (χ1) is 8.13. The van der Waals surface area contributed by atoms with E-state index in [1.165, 1.54) is 18.4 Å². The summed E-state index contributed by atoms with van der Waals surface area (Å²) in [5.74, 6) is -0.980. The van der Waals surface area contributed by atoms with Crippen LogP contribution in [0.4, 0.5) is 5.13 Å². The number of rotatable bonds is 7. The zero-order valence-electron chi connectivity index (χ0n) is 9.26. The summed E-state index contributed by atoms with van der Waals surface area (Å²) in [5, 5.41) is 5.13. The molecule has 17 heavy (non-hydrogen) atoms. The molecule has 1 aromatic rings. The van der Waals surface area contributed by atoms with E-state index in [-0.39, 0.29) is 12.3 Å². The standard InChI is InChI=1S/C9H13N3O4S/c1-15-8(14)6-5-17-9(12-6)11-2-3-16-4-7(10)13/h5H,2-4H2,1H3,(H2,10,13)(H,11,12). The number of primary amides is 1. The fraction of sp³-hybridized carbons (Fsp3) is 0.444. The average Bonchev–Trinajstić information content (AvgIpc) is 2.76. The molecule has 0 saturated heterocycles. The molecule has 1 rings (SSSR count). The summed E-state index contributed by atoms with van der Waals surface area (Å²) in [4.78, 5) is 25.5. The van der Waals surface area contributed by atoms with E-state index in [0.29, 0.717) is 18.3 Å². The lowest BCUT2D eigenvalue weighted by atomic mass is 10.5. The smallest absolute Gasteiger partial charge is 0.357 e. The van der Waals surface area contributed by atoms with E-state index < -0.39 is 11.9 Å². The first-order valence-corrected chi connectivity index (χ1v) is 5.65. The Morgan fingerprint density at radius 2 is 2.35 bits per heavy atom. The van der Waals surface area contributed by atoms with Gasteiger partial charge in [-0.15, -0.1) is 11.3 Å². The van der Waals surface area contributed by atoms with Gasteiger partial charge < -0.3 is 20.5 Å². The molecule has 7 nitrogen and oxygen atoms in total. The number of nitrogens with two attached hydrogens (primary N) is 1. The van der Waals surface area contributed by atoms with Gasteiger partial charge in [0.2, 0.25) is 5.91 Å². The van der Waals surface area contributed by atoms with Crippen molar-refractivity contribution >= 4 is 28.3 Å². The number of hydrogen-bond acceptors (Lipinski definition) is 7. The largest absolute Gasteiger partial charge is 0.464 e. The second kappa shape index (κ2) is 6.81. The maximum absolute atomic E-state index is 11.1. The van der Waals surface area contributed by atoms with E-state index in [2.05, 4.69) is 15.0 Å². The molecule has 1 heterocycles. The maximum Gasteiger partial charge on any atom is 0.357 e. The summed E-state index contributed by atoms with van der Waals surface area (Å²) in [6.45, 7) is 0.699. The number of carbonyl (C=O) groups is 2. The molecule has 8 heteroatoms. The third-order valence-corrected chi connectivity index (χ3v) is 2.47. The Bertz CT molecular complexity index is 393. The van der Waals surface area contributed by atoms with E-state index >= 15 is 0 Å². The third kappa shape index (κ3) is 4.79. The predicted octanol–water partition coefficient (Wildman–Crippen LogP) is -0.157. The molecule has 1 aromatic heterocycles. The molecule has 0 atom stereocenters. The van der Waals surface area contributed by atoms with Gasteiger partial charge in [0, 0.05) is 11.9 Å². The van der Waals surface area contributed by atoms with Crippen LogP contribution in [0.15, 0.2) is 5.38 Å². The second-order valence-electron chi connectivity index (χ2n) is 2.98. The van der Waals surface area contributed by atoms with E-state index in [1.54, 1.807) is 5.38 Å². The normalized spacial score (nSPS) is 9.94. The average molecular weight is 259 g/mol. The third-order valence-electron chi connectivity index (χ3n) is 1.67. The zero-order chi connectivity index (χ0) is 12.7. The van der Waals surface area contributed by atoms with Crippen molar-refractivity contribution in [3.63, 3.8) is 0 Å². The van der Waals surface area contributed by atoms with Gasteiger partial charge in [0.1, 0.15) is 6.61 Å². The van der Waals surface area contributed by atoms with Crippen LogP contribution >= 0.6 is 11.3 Å². The summed E-state index contributed by atoms with van der Waals surface area (Å²) in [7, 11) is 1.30. The number of thiazole rings is 1. The van der Waals surface area contributed by atoms with Gasteiger partial charge in [-0.1, -0.05) is 0 Å². The lowest BCUT2D eigenvalue weighted by molar-refractivity contribution is -0.122. The van der Waals surface area contributed by atoms with Crippen molar-refractivity contribution in [3.8, 4) is 0 Å². The number of esters is 1. The fourth-order valence-electron chi connectivity index (χ4n) is 0.956. The highest BCUT2D eigenvalue weighted by Crippen LogP contribution is 2.15. The lowest BCUT2D eigenvalue weighted by Crippen LogP contribution is -2.20. The molecular formula is C9H13N3O4S. The van der Waals surface area contributed by atoms with Gasteiger partial charge in [-0.3, -0.25) is 4.79 Å². The molecule has 0 aliphatic rings. The van der Waals surface area contributed by atoms with Crippen LogP contribution in [0.2, 0.25) is 0 Å². The fourth-order valence-corrected chi connectivity index (χ4v) is 1.66. The monoisotopic (exact) mass is 259 g/mol. The highest BCUT2D eigenvalue weighted by atomic mass is 32.1. The van der Waals surface area contributed by atoms with Gasteiger partial charge in [0.25, 0.3) is 0 Å². The van der Waals surface area contributed by atoms with Crippen molar-refractivity contribution in [1.29, 1.82) is 0 Å². The number of anilines is 1. The van der Waals surface area contributed by atoms with Crippen LogP contribution in [0.25, 0.3) is 0 Å². The highest BCUT2D eigenvalue weighted by Gasteiger charge is 2.09. The van der Waals surface area contributed by atoms with Gasteiger partial charge in [-0.25, -0.2) is 9.78 Å². The molecule has 0 fully saturated rings. The number of nitrogens with one attached hydrogen (secondary N) is 1. The minimum Gasteiger partial charge on any atom is -0.464 e. The topological polar surface area (TPSA) is 104 Å². The first-order valence-electron chi connectivity index (χ1n) is 4.77. The number of nitrogens with zero attached hydrogens (tertiary/aromatic N) is 1. The highest BCUT2D eigenvalue weighted by molar-refractivity contribution is 7.13. The zero-order valence-corrected chi connectivity index (χ0v) is 10.1. The van der Waals surface area contributed by atoms with Gasteiger partial charge in [-0.05, 0) is 0 Å². The molecule has 0 aromatic carbocycles. The van der Waals surface area contributed by atoms with Crippen LogP contribution in [-0.4, -0.2) is 43.7 Å². The van der Waals surface area contributed by atoms with Crippen molar-refractivity contribution in [2.75, 3.05) is 32.2 Å². The van der Waals surface area contributed by atoms with E-state index in [9.17, 15) is 9.59 Å². The molecule has 0 bridgehead atoms. The molecule has 0 unspecified atom stereocenters. The molecule has 1 amide bonds. The van der Waals surface area contributed by atoms with Gasteiger partial charge >= 0.3 is 5.97 Å². The summed E-state index contributed by atoms with van der Waals surface area (Å²) in [6.07, 6.45) is 0. The van der Waals surface area contributed by atoms with Crippen LogP contribution in [0.1, 0.15) is 10.5 Å². The Morgan fingerprint density at radius 3 is 3.00 bits per heavy atom. The molecule has 0 spiro atoms. The summed E-state index contributed by atoms with van der Waals surface area (Å²) in [5.41, 5.74) is 5.15. The Labute approximate surface area is 102 Å². The minimum atomic E-state index is -0.507. The molecule has 0 radical (unpaired) electrons. The van der Waals surface area contributed by atoms with E-state index in [1.807, 2.05) is 0 Å². The van der Waals surface area contributed by atoms with Crippen molar-refractivity contribution < 1.29 is 19.1 Å². The summed E-state index contributed by atoms with van der Waals surface area (Å²) >= 11 is 1.29. The second-order valence-corrected chi connectivity index (χ2v) is 3.83. The molecule has 0 aliphatic carbocycles. The Balaban J connectivity index is 2.25. The van der Waals surface area contributed by atoms with Crippen LogP contribution in [0.5, 0.6) is 0 Å². The quantitative estimate of drug-likeness (QED) is 0.521. The van der Waals surface area contributed by atoms with E-state index in [0.717, 1.165) is 0 Å². The van der Waals surface area contributed by atoms with E-state index in [4.69, 9.17) is 10.5 Å². The number of aromatic nitrogens is 1. The predicted molar refractivity (Wildman–Crippen MR) is 62.0 cm³/mol. The Kier molecular flexibility index (Phi) is 5.37. The number of methoxy groups -OCH3 is 1. The van der Waals surface area contributed by atoms with Crippen LogP contribution in [-0.2, 0) is 14.3 Å². The maximum atomic E-state index is 11.1. The molecule has 0 saturated carbocycles. The van der Waals surface area contributed by atoms with Crippen molar-refractivity contribution in [2.24, 2.45) is 5.73 Å². The summed E-state index contributed by atoms with van der Waals surface area (Å²) < 4.78 is 9.46. The van der Waals surface area contributed by atoms with Gasteiger partial charge in [-0.2, -0.15) is 0 Å². The Morgan fingerprint density at radius 1 is 1.59 bits per heavy atom. The van der Waals surface area contributed by atoms with Gasteiger partial charge in [0.05, 0.1) is 13.7 Å². The molecule has 94 valence electrons. The SMILES string of the molecule is COC(=O)c1csc(NCCOCC(N)=O)n1. The number of amides is 1. The van der Waals surface area contributed by atoms with Crippen molar-refractivity contribution in [3.05, 3.63) is 11.1 Å². The molecule has 0 aliphatic heterocycles. The lowest BCUT2D eigenvalue weighted by Gasteiger charge is -2.02. The van der Waals surface area contributed by atoms with Crippen LogP contribution < -0.4 is 11.1 Å². The van der Waals surface area contributed by atoms with Gasteiger partial charge in [0.15, 0.2) is 10.8 Å². The molecule has 3 N–H and O–H groups in total. The minimum absolute atomic E-state index is 0.104. The molecular weight excluding hydrogens is 246 g/mol. The first kappa shape index (κ1) is 13.4.